The molecule has 6 nitrogen and oxygen atoms in total. The van der Waals surface area contributed by atoms with Gasteiger partial charge in [0.25, 0.3) is 0 Å². The fraction of sp³-hybridized carbons (Fsp3) is 0.823. The second-order valence-corrected chi connectivity index (χ2v) is 19.9. The normalized spacial score (nSPS) is 12.3. The Morgan fingerprint density at radius 3 is 0.897 bits per heavy atom. The number of carbonyl (C=O) groups is 3. The fourth-order valence-corrected chi connectivity index (χ4v) is 8.57. The molecule has 0 spiro atoms. The smallest absolute Gasteiger partial charge is 0.306 e. The summed E-state index contributed by atoms with van der Waals surface area (Å²) in [4.78, 5) is 38.0. The third-order valence-electron chi connectivity index (χ3n) is 13.0. The van der Waals surface area contributed by atoms with Crippen LogP contribution in [-0.4, -0.2) is 37.2 Å². The summed E-state index contributed by atoms with van der Waals surface area (Å²) in [7, 11) is 0. The predicted molar refractivity (Wildman–Crippen MR) is 293 cm³/mol. The van der Waals surface area contributed by atoms with Crippen LogP contribution in [-0.2, 0) is 28.6 Å². The van der Waals surface area contributed by atoms with Gasteiger partial charge in [-0.25, -0.2) is 0 Å². The van der Waals surface area contributed by atoms with E-state index in [-0.39, 0.29) is 31.1 Å². The highest BCUT2D eigenvalue weighted by Crippen LogP contribution is 2.16. The minimum absolute atomic E-state index is 0.0727. The summed E-state index contributed by atoms with van der Waals surface area (Å²) in [6.45, 7) is 6.58. The Hall–Kier alpha value is -2.63. The number of hydrogen-bond donors (Lipinski definition) is 0. The Balaban J connectivity index is 4.08. The van der Waals surface area contributed by atoms with Crippen molar-refractivity contribution in [3.05, 3.63) is 48.6 Å². The van der Waals surface area contributed by atoms with E-state index in [1.165, 1.54) is 186 Å². The molecular weight excluding hydrogens is 841 g/mol. The second kappa shape index (κ2) is 57.0. The molecule has 0 aromatic heterocycles. The maximum atomic E-state index is 12.8. The monoisotopic (exact) mass is 953 g/mol. The highest BCUT2D eigenvalue weighted by Gasteiger charge is 2.19. The van der Waals surface area contributed by atoms with Gasteiger partial charge < -0.3 is 14.2 Å². The van der Waals surface area contributed by atoms with Gasteiger partial charge in [-0.15, -0.1) is 0 Å². The summed E-state index contributed by atoms with van der Waals surface area (Å²) in [5.41, 5.74) is 0. The van der Waals surface area contributed by atoms with Gasteiger partial charge in [-0.2, -0.15) is 0 Å². The number of rotatable bonds is 54. The predicted octanol–water partition coefficient (Wildman–Crippen LogP) is 19.8. The first-order valence-corrected chi connectivity index (χ1v) is 29.6. The first-order chi connectivity index (χ1) is 33.5. The lowest BCUT2D eigenvalue weighted by Gasteiger charge is -2.18. The Morgan fingerprint density at radius 1 is 0.294 bits per heavy atom. The van der Waals surface area contributed by atoms with Crippen LogP contribution in [0.2, 0.25) is 0 Å². The highest BCUT2D eigenvalue weighted by atomic mass is 16.6. The number of allylic oxidation sites excluding steroid dienone is 8. The summed E-state index contributed by atoms with van der Waals surface area (Å²) in [5.74, 6) is -0.873. The van der Waals surface area contributed by atoms with Crippen molar-refractivity contribution in [2.75, 3.05) is 13.2 Å². The molecule has 0 aromatic carbocycles. The summed E-state index contributed by atoms with van der Waals surface area (Å²) in [5, 5.41) is 0. The van der Waals surface area contributed by atoms with E-state index in [0.29, 0.717) is 19.3 Å². The lowest BCUT2D eigenvalue weighted by Crippen LogP contribution is -2.30. The lowest BCUT2D eigenvalue weighted by atomic mass is 10.0. The van der Waals surface area contributed by atoms with Gasteiger partial charge >= 0.3 is 17.9 Å². The minimum atomic E-state index is -0.771. The average Bonchev–Trinajstić information content (AvgIpc) is 3.34. The van der Waals surface area contributed by atoms with Gasteiger partial charge in [-0.3, -0.25) is 14.4 Å². The van der Waals surface area contributed by atoms with Crippen LogP contribution < -0.4 is 0 Å². The number of unbranched alkanes of at least 4 members (excludes halogenated alkanes) is 35. The molecular formula is C62H112O6. The molecule has 396 valence electrons. The van der Waals surface area contributed by atoms with Gasteiger partial charge in [0.05, 0.1) is 0 Å². The molecule has 0 heterocycles. The van der Waals surface area contributed by atoms with Crippen LogP contribution in [0, 0.1) is 0 Å². The first-order valence-electron chi connectivity index (χ1n) is 29.6. The van der Waals surface area contributed by atoms with E-state index in [1.54, 1.807) is 0 Å². The zero-order valence-electron chi connectivity index (χ0n) is 45.4. The molecule has 0 saturated heterocycles. The third kappa shape index (κ3) is 54.3. The maximum Gasteiger partial charge on any atom is 0.306 e. The Bertz CT molecular complexity index is 1190. The van der Waals surface area contributed by atoms with Crippen LogP contribution in [0.15, 0.2) is 48.6 Å². The molecule has 0 aromatic rings. The Morgan fingerprint density at radius 2 is 0.559 bits per heavy atom. The SMILES string of the molecule is CCC/C=C\CCCCCCCC(=O)OCC(COC(=O)CCCCCCCCCCCCCCCC/C=C\C/C=C\C/C=C\CCCCCCC)OC(=O)CCCCCCCCCCCCC. The molecule has 0 aliphatic rings. The van der Waals surface area contributed by atoms with Crippen LogP contribution in [0.1, 0.15) is 310 Å². The zero-order chi connectivity index (χ0) is 49.3. The molecule has 0 amide bonds. The Kier molecular flexibility index (Phi) is 54.8. The van der Waals surface area contributed by atoms with E-state index in [0.717, 1.165) is 83.5 Å². The van der Waals surface area contributed by atoms with E-state index >= 15 is 0 Å². The van der Waals surface area contributed by atoms with Crippen LogP contribution in [0.5, 0.6) is 0 Å². The molecule has 1 unspecified atom stereocenters. The molecule has 0 saturated carbocycles. The van der Waals surface area contributed by atoms with Crippen molar-refractivity contribution in [1.82, 2.24) is 0 Å². The standard InChI is InChI=1S/C62H112O6/c1-4-7-10-13-16-19-22-23-24-25-26-27-28-29-30-31-32-33-34-35-36-37-38-39-41-43-46-49-52-55-61(64)67-58-59(57-66-60(63)54-51-48-45-42-21-18-15-12-9-6-3)68-62(65)56-53-50-47-44-40-20-17-14-11-8-5-2/h12,15,22-23,25-26,28-29,59H,4-11,13-14,16-21,24,27,30-58H2,1-3H3/b15-12-,23-22-,26-25-,29-28-. The Labute approximate surface area is 422 Å². The van der Waals surface area contributed by atoms with Gasteiger partial charge in [0.1, 0.15) is 13.2 Å². The molecule has 6 heteroatoms. The summed E-state index contributed by atoms with van der Waals surface area (Å²) in [6.07, 6.45) is 69.9. The quantitative estimate of drug-likeness (QED) is 0.0262. The number of carbonyl (C=O) groups excluding carboxylic acids is 3. The van der Waals surface area contributed by atoms with E-state index in [4.69, 9.17) is 14.2 Å². The van der Waals surface area contributed by atoms with Gasteiger partial charge in [0.2, 0.25) is 0 Å². The molecule has 0 rings (SSSR count). The molecule has 68 heavy (non-hydrogen) atoms. The van der Waals surface area contributed by atoms with Crippen molar-refractivity contribution in [1.29, 1.82) is 0 Å². The number of hydrogen-bond acceptors (Lipinski definition) is 6. The largest absolute Gasteiger partial charge is 0.462 e. The highest BCUT2D eigenvalue weighted by molar-refractivity contribution is 5.71. The average molecular weight is 954 g/mol. The molecule has 0 N–H and O–H groups in total. The second-order valence-electron chi connectivity index (χ2n) is 19.9. The molecule has 0 bridgehead atoms. The van der Waals surface area contributed by atoms with Gasteiger partial charge in [0.15, 0.2) is 6.10 Å². The summed E-state index contributed by atoms with van der Waals surface area (Å²) in [6, 6.07) is 0. The molecule has 1 atom stereocenters. The van der Waals surface area contributed by atoms with Crippen molar-refractivity contribution in [2.45, 2.75) is 316 Å². The van der Waals surface area contributed by atoms with Crippen LogP contribution in [0.3, 0.4) is 0 Å². The van der Waals surface area contributed by atoms with Crippen LogP contribution in [0.25, 0.3) is 0 Å². The zero-order valence-corrected chi connectivity index (χ0v) is 45.4. The van der Waals surface area contributed by atoms with E-state index in [2.05, 4.69) is 69.4 Å². The molecule has 0 aliphatic heterocycles. The van der Waals surface area contributed by atoms with Crippen molar-refractivity contribution in [3.8, 4) is 0 Å². The molecule has 0 aliphatic carbocycles. The lowest BCUT2D eigenvalue weighted by molar-refractivity contribution is -0.167. The fourth-order valence-electron chi connectivity index (χ4n) is 8.57. The molecule has 0 radical (unpaired) electrons. The van der Waals surface area contributed by atoms with Gasteiger partial charge in [0, 0.05) is 19.3 Å². The minimum Gasteiger partial charge on any atom is -0.462 e. The third-order valence-corrected chi connectivity index (χ3v) is 13.0. The van der Waals surface area contributed by atoms with Crippen molar-refractivity contribution < 1.29 is 28.6 Å². The van der Waals surface area contributed by atoms with E-state index in [9.17, 15) is 14.4 Å². The maximum absolute atomic E-state index is 12.8. The van der Waals surface area contributed by atoms with Gasteiger partial charge in [-0.05, 0) is 77.0 Å². The van der Waals surface area contributed by atoms with E-state index < -0.39 is 6.10 Å². The van der Waals surface area contributed by atoms with Crippen LogP contribution >= 0.6 is 0 Å². The number of esters is 3. The topological polar surface area (TPSA) is 78.9 Å². The first kappa shape index (κ1) is 65.4. The van der Waals surface area contributed by atoms with Crippen molar-refractivity contribution in [3.63, 3.8) is 0 Å². The van der Waals surface area contributed by atoms with Crippen LogP contribution in [0.4, 0.5) is 0 Å². The van der Waals surface area contributed by atoms with Crippen molar-refractivity contribution in [2.24, 2.45) is 0 Å². The molecule has 0 fully saturated rings. The van der Waals surface area contributed by atoms with Gasteiger partial charge in [-0.1, -0.05) is 262 Å². The van der Waals surface area contributed by atoms with E-state index in [1.807, 2.05) is 0 Å². The summed E-state index contributed by atoms with van der Waals surface area (Å²) < 4.78 is 16.8. The van der Waals surface area contributed by atoms with Crippen molar-refractivity contribution >= 4 is 17.9 Å². The summed E-state index contributed by atoms with van der Waals surface area (Å²) >= 11 is 0. The number of ether oxygens (including phenoxy) is 3.